The second kappa shape index (κ2) is 7.03. The van der Waals surface area contributed by atoms with Gasteiger partial charge in [-0.3, -0.25) is 19.3 Å². The number of aromatic nitrogens is 1. The summed E-state index contributed by atoms with van der Waals surface area (Å²) in [5.41, 5.74) is 2.44. The summed E-state index contributed by atoms with van der Waals surface area (Å²) in [5.74, 6) is -0.0527. The van der Waals surface area contributed by atoms with Crippen molar-refractivity contribution in [3.63, 3.8) is 0 Å². The molecule has 0 saturated heterocycles. The number of benzene rings is 1. The van der Waals surface area contributed by atoms with Gasteiger partial charge in [-0.25, -0.2) is 0 Å². The van der Waals surface area contributed by atoms with Crippen molar-refractivity contribution in [3.05, 3.63) is 57.5 Å². The molecule has 2 heterocycles. The molecule has 1 aliphatic heterocycles. The van der Waals surface area contributed by atoms with Crippen LogP contribution in [0.2, 0.25) is 0 Å². The van der Waals surface area contributed by atoms with Gasteiger partial charge in [0.2, 0.25) is 5.91 Å². The summed E-state index contributed by atoms with van der Waals surface area (Å²) in [4.78, 5) is 41.0. The monoisotopic (exact) mass is 355 g/mol. The van der Waals surface area contributed by atoms with E-state index in [1.807, 2.05) is 19.1 Å². The Labute approximate surface area is 151 Å². The third kappa shape index (κ3) is 3.46. The van der Waals surface area contributed by atoms with Crippen molar-refractivity contribution in [2.24, 2.45) is 0 Å². The van der Waals surface area contributed by atoms with Crippen molar-refractivity contribution >= 4 is 17.5 Å². The van der Waals surface area contributed by atoms with Gasteiger partial charge in [0.05, 0.1) is 5.69 Å². The predicted octanol–water partition coefficient (Wildman–Crippen LogP) is 1.42. The summed E-state index contributed by atoms with van der Waals surface area (Å²) in [6.45, 7) is 5.26. The average Bonchev–Trinajstić information content (AvgIpc) is 2.58. The topological polar surface area (TPSA) is 91.5 Å². The lowest BCUT2D eigenvalue weighted by atomic mass is 10.1. The van der Waals surface area contributed by atoms with Crippen molar-refractivity contribution in [1.29, 1.82) is 0 Å². The standard InChI is InChI=1S/C19H21N3O4/c1-11-8-12(2)21-18(24)14(11)9-20-17(23)10-22-15-6-4-5-7-16(15)26-13(3)19(22)25/h4-8,13H,9-10H2,1-3H3,(H,20,23)(H,21,24)/t13-/m0/s1. The van der Waals surface area contributed by atoms with Gasteiger partial charge in [0.1, 0.15) is 12.3 Å². The van der Waals surface area contributed by atoms with E-state index in [2.05, 4.69) is 10.3 Å². The minimum Gasteiger partial charge on any atom is -0.479 e. The number of aromatic amines is 1. The molecular weight excluding hydrogens is 334 g/mol. The molecule has 1 aromatic heterocycles. The minimum atomic E-state index is -0.653. The number of aryl methyl sites for hydroxylation is 2. The van der Waals surface area contributed by atoms with Crippen LogP contribution in [0.1, 0.15) is 23.7 Å². The van der Waals surface area contributed by atoms with Gasteiger partial charge < -0.3 is 15.0 Å². The average molecular weight is 355 g/mol. The van der Waals surface area contributed by atoms with Crippen molar-refractivity contribution in [2.75, 3.05) is 11.4 Å². The predicted molar refractivity (Wildman–Crippen MR) is 97.3 cm³/mol. The lowest BCUT2D eigenvalue weighted by molar-refractivity contribution is -0.128. The van der Waals surface area contributed by atoms with Crippen LogP contribution in [0.25, 0.3) is 0 Å². The molecule has 2 N–H and O–H groups in total. The maximum Gasteiger partial charge on any atom is 0.268 e. The Hall–Kier alpha value is -3.09. The van der Waals surface area contributed by atoms with Crippen molar-refractivity contribution in [2.45, 2.75) is 33.4 Å². The fourth-order valence-corrected chi connectivity index (χ4v) is 3.01. The number of hydrogen-bond donors (Lipinski definition) is 2. The molecule has 0 radical (unpaired) electrons. The van der Waals surface area contributed by atoms with E-state index in [-0.39, 0.29) is 30.5 Å². The lowest BCUT2D eigenvalue weighted by Crippen LogP contribution is -2.48. The minimum absolute atomic E-state index is 0.107. The van der Waals surface area contributed by atoms with Crippen molar-refractivity contribution in [1.82, 2.24) is 10.3 Å². The number of hydrogen-bond acceptors (Lipinski definition) is 4. The van der Waals surface area contributed by atoms with E-state index in [9.17, 15) is 14.4 Å². The van der Waals surface area contributed by atoms with E-state index in [0.717, 1.165) is 11.3 Å². The molecule has 0 saturated carbocycles. The highest BCUT2D eigenvalue weighted by atomic mass is 16.5. The van der Waals surface area contributed by atoms with E-state index in [1.54, 1.807) is 32.0 Å². The Morgan fingerprint density at radius 1 is 1.27 bits per heavy atom. The number of carbonyl (C=O) groups is 2. The van der Waals surface area contributed by atoms with Crippen LogP contribution in [0.5, 0.6) is 5.75 Å². The SMILES string of the molecule is Cc1cc(C)c(CNC(=O)CN2C(=O)[C@H](C)Oc3ccccc32)c(=O)[nH]1. The van der Waals surface area contributed by atoms with E-state index in [0.29, 0.717) is 17.0 Å². The Kier molecular flexibility index (Phi) is 4.79. The molecule has 7 nitrogen and oxygen atoms in total. The van der Waals surface area contributed by atoms with Gasteiger partial charge in [-0.05, 0) is 44.5 Å². The molecule has 3 rings (SSSR count). The Morgan fingerprint density at radius 3 is 2.73 bits per heavy atom. The van der Waals surface area contributed by atoms with Gasteiger partial charge in [0.15, 0.2) is 6.10 Å². The zero-order valence-electron chi connectivity index (χ0n) is 15.0. The molecule has 0 spiro atoms. The number of amides is 2. The highest BCUT2D eigenvalue weighted by Crippen LogP contribution is 2.33. The van der Waals surface area contributed by atoms with Gasteiger partial charge in [-0.15, -0.1) is 0 Å². The number of anilines is 1. The number of H-pyrrole nitrogens is 1. The fraction of sp³-hybridized carbons (Fsp3) is 0.316. The molecule has 7 heteroatoms. The molecular formula is C19H21N3O4. The quantitative estimate of drug-likeness (QED) is 0.868. The molecule has 1 aliphatic rings. The summed E-state index contributed by atoms with van der Waals surface area (Å²) in [5, 5.41) is 2.72. The number of rotatable bonds is 4. The number of nitrogens with zero attached hydrogens (tertiary/aromatic N) is 1. The first kappa shape index (κ1) is 17.7. The highest BCUT2D eigenvalue weighted by Gasteiger charge is 2.32. The molecule has 26 heavy (non-hydrogen) atoms. The zero-order valence-corrected chi connectivity index (χ0v) is 15.0. The molecule has 136 valence electrons. The van der Waals surface area contributed by atoms with Gasteiger partial charge in [0, 0.05) is 17.8 Å². The first-order valence-corrected chi connectivity index (χ1v) is 8.40. The summed E-state index contributed by atoms with van der Waals surface area (Å²) >= 11 is 0. The molecule has 2 amide bonds. The molecule has 0 fully saturated rings. The van der Waals surface area contributed by atoms with Gasteiger partial charge >= 0.3 is 0 Å². The normalized spacial score (nSPS) is 16.0. The summed E-state index contributed by atoms with van der Waals surface area (Å²) < 4.78 is 5.56. The van der Waals surface area contributed by atoms with E-state index in [1.165, 1.54) is 4.90 Å². The van der Waals surface area contributed by atoms with Gasteiger partial charge in [0.25, 0.3) is 11.5 Å². The number of para-hydroxylation sites is 2. The second-order valence-corrected chi connectivity index (χ2v) is 6.37. The Bertz CT molecular complexity index is 919. The van der Waals surface area contributed by atoms with Crippen LogP contribution in [0.4, 0.5) is 5.69 Å². The van der Waals surface area contributed by atoms with Crippen molar-refractivity contribution in [3.8, 4) is 5.75 Å². The zero-order chi connectivity index (χ0) is 18.8. The first-order valence-electron chi connectivity index (χ1n) is 8.40. The van der Waals surface area contributed by atoms with Crippen LogP contribution in [0.3, 0.4) is 0 Å². The summed E-state index contributed by atoms with van der Waals surface area (Å²) in [6.07, 6.45) is -0.653. The van der Waals surface area contributed by atoms with E-state index in [4.69, 9.17) is 4.74 Å². The molecule has 1 atom stereocenters. The Balaban J connectivity index is 1.73. The Morgan fingerprint density at radius 2 is 2.00 bits per heavy atom. The van der Waals surface area contributed by atoms with Gasteiger partial charge in [-0.1, -0.05) is 12.1 Å². The maximum absolute atomic E-state index is 12.4. The number of ether oxygens (including phenoxy) is 1. The molecule has 0 bridgehead atoms. The second-order valence-electron chi connectivity index (χ2n) is 6.37. The van der Waals surface area contributed by atoms with Crippen LogP contribution in [0.15, 0.2) is 35.1 Å². The largest absolute Gasteiger partial charge is 0.479 e. The van der Waals surface area contributed by atoms with Crippen molar-refractivity contribution < 1.29 is 14.3 Å². The van der Waals surface area contributed by atoms with Crippen LogP contribution in [-0.4, -0.2) is 29.4 Å². The molecule has 1 aromatic carbocycles. The van der Waals surface area contributed by atoms with E-state index >= 15 is 0 Å². The number of fused-ring (bicyclic) bond motifs is 1. The van der Waals surface area contributed by atoms with Crippen LogP contribution >= 0.6 is 0 Å². The first-order chi connectivity index (χ1) is 12.4. The maximum atomic E-state index is 12.4. The molecule has 0 aliphatic carbocycles. The summed E-state index contributed by atoms with van der Waals surface area (Å²) in [7, 11) is 0. The lowest BCUT2D eigenvalue weighted by Gasteiger charge is -2.32. The number of nitrogens with one attached hydrogen (secondary N) is 2. The third-order valence-corrected chi connectivity index (χ3v) is 4.33. The fourth-order valence-electron chi connectivity index (χ4n) is 3.01. The molecule has 2 aromatic rings. The van der Waals surface area contributed by atoms with E-state index < -0.39 is 6.10 Å². The third-order valence-electron chi connectivity index (χ3n) is 4.33. The summed E-state index contributed by atoms with van der Waals surface area (Å²) in [6, 6.07) is 8.95. The van der Waals surface area contributed by atoms with Gasteiger partial charge in [-0.2, -0.15) is 0 Å². The smallest absolute Gasteiger partial charge is 0.268 e. The van der Waals surface area contributed by atoms with Crippen LogP contribution < -0.4 is 20.5 Å². The number of carbonyl (C=O) groups excluding carboxylic acids is 2. The van der Waals surface area contributed by atoms with Crippen LogP contribution in [-0.2, 0) is 16.1 Å². The van der Waals surface area contributed by atoms with Crippen LogP contribution in [0, 0.1) is 13.8 Å². The highest BCUT2D eigenvalue weighted by molar-refractivity contribution is 6.03. The number of pyridine rings is 1. The molecule has 0 unspecified atom stereocenters.